The minimum Gasteiger partial charge on any atom is -0.493 e. The third-order valence-corrected chi connectivity index (χ3v) is 3.99. The summed E-state index contributed by atoms with van der Waals surface area (Å²) in [5, 5.41) is 6.53. The fraction of sp³-hybridized carbons (Fsp3) is 0.375. The number of benzene rings is 1. The maximum atomic E-state index is 12.3. The summed E-state index contributed by atoms with van der Waals surface area (Å²) in [6.45, 7) is 3.11. The van der Waals surface area contributed by atoms with Crippen LogP contribution in [0.2, 0.25) is 0 Å². The first-order valence-electron chi connectivity index (χ1n) is 7.37. The number of aromatic nitrogens is 1. The third-order valence-electron chi connectivity index (χ3n) is 3.99. The quantitative estimate of drug-likeness (QED) is 0.939. The molecule has 22 heavy (non-hydrogen) atoms. The van der Waals surface area contributed by atoms with Crippen molar-refractivity contribution in [2.75, 3.05) is 18.5 Å². The second-order valence-electron chi connectivity index (χ2n) is 5.56. The zero-order valence-corrected chi connectivity index (χ0v) is 12.3. The Labute approximate surface area is 127 Å². The Morgan fingerprint density at radius 2 is 2.14 bits per heavy atom. The number of nitrogens with one attached hydrogen (secondary N) is 1. The maximum absolute atomic E-state index is 12.3. The van der Waals surface area contributed by atoms with Crippen LogP contribution in [0.1, 0.15) is 22.5 Å². The molecular weight excluding hydrogens is 284 g/mol. The molecule has 4 rings (SSSR count). The van der Waals surface area contributed by atoms with Crippen LogP contribution in [0.4, 0.5) is 5.82 Å². The predicted molar refractivity (Wildman–Crippen MR) is 78.4 cm³/mol. The molecule has 6 heteroatoms. The van der Waals surface area contributed by atoms with Crippen LogP contribution >= 0.6 is 0 Å². The van der Waals surface area contributed by atoms with E-state index in [1.54, 1.807) is 13.0 Å². The van der Waals surface area contributed by atoms with Crippen molar-refractivity contribution in [2.24, 2.45) is 0 Å². The number of carbonyl (C=O) groups is 1. The molecule has 2 aromatic rings. The van der Waals surface area contributed by atoms with Gasteiger partial charge in [-0.15, -0.1) is 0 Å². The number of rotatable bonds is 3. The number of aryl methyl sites for hydroxylation is 1. The zero-order valence-electron chi connectivity index (χ0n) is 12.3. The molecule has 0 radical (unpaired) electrons. The molecule has 3 heterocycles. The van der Waals surface area contributed by atoms with Gasteiger partial charge in [-0.3, -0.25) is 4.79 Å². The topological polar surface area (TPSA) is 73.6 Å². The molecule has 0 atom stereocenters. The summed E-state index contributed by atoms with van der Waals surface area (Å²) in [6, 6.07) is 3.74. The summed E-state index contributed by atoms with van der Waals surface area (Å²) < 4.78 is 16.3. The van der Waals surface area contributed by atoms with Gasteiger partial charge in [-0.25, -0.2) is 0 Å². The fourth-order valence-electron chi connectivity index (χ4n) is 3.04. The van der Waals surface area contributed by atoms with Gasteiger partial charge in [0.15, 0.2) is 5.82 Å². The smallest absolute Gasteiger partial charge is 0.230 e. The standard InChI is InChI=1S/C16H16N2O4/c1-9-6-14(18-22-9)17-15(19)8-12-11-3-5-20-13(11)7-10-2-4-21-16(10)12/h6-7H,2-5,8H2,1H3,(H,17,18,19). The molecule has 6 nitrogen and oxygen atoms in total. The molecule has 2 aliphatic heterocycles. The largest absolute Gasteiger partial charge is 0.493 e. The number of anilines is 1. The van der Waals surface area contributed by atoms with Crippen LogP contribution in [0.15, 0.2) is 16.7 Å². The molecule has 1 amide bonds. The predicted octanol–water partition coefficient (Wildman–Crippen LogP) is 2.03. The normalized spacial score (nSPS) is 15.0. The van der Waals surface area contributed by atoms with Crippen LogP contribution in [0, 0.1) is 6.92 Å². The molecule has 0 unspecified atom stereocenters. The van der Waals surface area contributed by atoms with Crippen LogP contribution in [0.5, 0.6) is 11.5 Å². The Morgan fingerprint density at radius 1 is 1.27 bits per heavy atom. The first kappa shape index (κ1) is 13.2. The van der Waals surface area contributed by atoms with Crippen molar-refractivity contribution in [1.82, 2.24) is 5.16 Å². The van der Waals surface area contributed by atoms with Gasteiger partial charge in [0.1, 0.15) is 17.3 Å². The molecule has 0 saturated heterocycles. The van der Waals surface area contributed by atoms with E-state index in [2.05, 4.69) is 10.5 Å². The first-order valence-corrected chi connectivity index (χ1v) is 7.37. The van der Waals surface area contributed by atoms with Crippen molar-refractivity contribution < 1.29 is 18.8 Å². The molecular formula is C16H16N2O4. The highest BCUT2D eigenvalue weighted by molar-refractivity contribution is 5.92. The SMILES string of the molecule is Cc1cc(NC(=O)Cc2c3c(cc4c2OCC4)OCC3)no1. The molecule has 0 aliphatic carbocycles. The second-order valence-corrected chi connectivity index (χ2v) is 5.56. The fourth-order valence-corrected chi connectivity index (χ4v) is 3.04. The second kappa shape index (κ2) is 5.05. The average Bonchev–Trinajstić information content (AvgIpc) is 3.19. The highest BCUT2D eigenvalue weighted by Gasteiger charge is 2.27. The van der Waals surface area contributed by atoms with Crippen molar-refractivity contribution in [3.8, 4) is 11.5 Å². The van der Waals surface area contributed by atoms with Gasteiger partial charge in [-0.05, 0) is 13.0 Å². The van der Waals surface area contributed by atoms with Gasteiger partial charge >= 0.3 is 0 Å². The van der Waals surface area contributed by atoms with E-state index in [1.807, 2.05) is 6.07 Å². The monoisotopic (exact) mass is 300 g/mol. The number of hydrogen-bond donors (Lipinski definition) is 1. The van der Waals surface area contributed by atoms with E-state index in [-0.39, 0.29) is 12.3 Å². The van der Waals surface area contributed by atoms with Crippen molar-refractivity contribution in [1.29, 1.82) is 0 Å². The third kappa shape index (κ3) is 2.20. The van der Waals surface area contributed by atoms with Gasteiger partial charge in [0.05, 0.1) is 19.6 Å². The summed E-state index contributed by atoms with van der Waals surface area (Å²) in [5.41, 5.74) is 3.16. The molecule has 1 aromatic carbocycles. The van der Waals surface area contributed by atoms with Crippen LogP contribution in [0.25, 0.3) is 0 Å². The lowest BCUT2D eigenvalue weighted by atomic mass is 9.97. The Bertz CT molecular complexity index is 719. The Morgan fingerprint density at radius 3 is 2.95 bits per heavy atom. The minimum absolute atomic E-state index is 0.133. The zero-order chi connectivity index (χ0) is 15.1. The van der Waals surface area contributed by atoms with Gasteiger partial charge in [0.25, 0.3) is 0 Å². The minimum atomic E-state index is -0.133. The van der Waals surface area contributed by atoms with E-state index in [9.17, 15) is 4.79 Å². The summed E-state index contributed by atoms with van der Waals surface area (Å²) in [7, 11) is 0. The number of ether oxygens (including phenoxy) is 2. The molecule has 1 aromatic heterocycles. The van der Waals surface area contributed by atoms with E-state index in [1.165, 1.54) is 0 Å². The molecule has 114 valence electrons. The number of fused-ring (bicyclic) bond motifs is 2. The van der Waals surface area contributed by atoms with Crippen molar-refractivity contribution in [2.45, 2.75) is 26.2 Å². The highest BCUT2D eigenvalue weighted by Crippen LogP contribution is 2.40. The summed E-state index contributed by atoms with van der Waals surface area (Å²) in [5.74, 6) is 2.71. The van der Waals surface area contributed by atoms with Crippen molar-refractivity contribution >= 4 is 11.7 Å². The van der Waals surface area contributed by atoms with Gasteiger partial charge in [-0.2, -0.15) is 0 Å². The molecule has 0 saturated carbocycles. The Kier molecular flexibility index (Phi) is 3.03. The Hall–Kier alpha value is -2.50. The summed E-state index contributed by atoms with van der Waals surface area (Å²) in [4.78, 5) is 12.3. The van der Waals surface area contributed by atoms with E-state index in [0.717, 1.165) is 41.0 Å². The first-order chi connectivity index (χ1) is 10.7. The molecule has 0 bridgehead atoms. The lowest BCUT2D eigenvalue weighted by molar-refractivity contribution is -0.115. The summed E-state index contributed by atoms with van der Waals surface area (Å²) >= 11 is 0. The van der Waals surface area contributed by atoms with E-state index in [4.69, 9.17) is 14.0 Å². The van der Waals surface area contributed by atoms with Crippen LogP contribution in [-0.4, -0.2) is 24.3 Å². The lowest BCUT2D eigenvalue weighted by Crippen LogP contribution is -2.16. The molecule has 1 N–H and O–H groups in total. The molecule has 2 aliphatic rings. The van der Waals surface area contributed by atoms with Crippen molar-refractivity contribution in [3.05, 3.63) is 34.6 Å². The van der Waals surface area contributed by atoms with Gasteiger partial charge in [0.2, 0.25) is 5.91 Å². The van der Waals surface area contributed by atoms with Crippen LogP contribution in [0.3, 0.4) is 0 Å². The molecule has 0 spiro atoms. The number of hydrogen-bond acceptors (Lipinski definition) is 5. The van der Waals surface area contributed by atoms with Crippen LogP contribution < -0.4 is 14.8 Å². The van der Waals surface area contributed by atoms with Crippen LogP contribution in [-0.2, 0) is 24.1 Å². The Balaban J connectivity index is 1.61. The number of carbonyl (C=O) groups excluding carboxylic acids is 1. The van der Waals surface area contributed by atoms with Gasteiger partial charge in [-0.1, -0.05) is 5.16 Å². The van der Waals surface area contributed by atoms with Gasteiger partial charge < -0.3 is 19.3 Å². The van der Waals surface area contributed by atoms with E-state index >= 15 is 0 Å². The maximum Gasteiger partial charge on any atom is 0.230 e. The number of nitrogens with zero attached hydrogens (tertiary/aromatic N) is 1. The van der Waals surface area contributed by atoms with Crippen molar-refractivity contribution in [3.63, 3.8) is 0 Å². The van der Waals surface area contributed by atoms with E-state index < -0.39 is 0 Å². The number of amides is 1. The molecule has 0 fully saturated rings. The highest BCUT2D eigenvalue weighted by atomic mass is 16.5. The lowest BCUT2D eigenvalue weighted by Gasteiger charge is -2.12. The van der Waals surface area contributed by atoms with Gasteiger partial charge in [0, 0.05) is 35.6 Å². The van der Waals surface area contributed by atoms with E-state index in [0.29, 0.717) is 24.8 Å². The average molecular weight is 300 g/mol. The summed E-state index contributed by atoms with van der Waals surface area (Å²) in [6.07, 6.45) is 1.93.